The lowest BCUT2D eigenvalue weighted by molar-refractivity contribution is 0.0891. The molecule has 2 aromatic heterocycles. The molecule has 6 nitrogen and oxygen atoms in total. The summed E-state index contributed by atoms with van der Waals surface area (Å²) in [6.07, 6.45) is 3.68. The number of hydrogen-bond donors (Lipinski definition) is 1. The van der Waals surface area contributed by atoms with Crippen LogP contribution >= 0.6 is 0 Å². The quantitative estimate of drug-likeness (QED) is 0.760. The zero-order valence-corrected chi connectivity index (χ0v) is 15.5. The molecule has 0 spiro atoms. The Morgan fingerprint density at radius 2 is 1.78 bits per heavy atom. The zero-order valence-electron chi connectivity index (χ0n) is 15.5. The molecule has 138 valence electrons. The van der Waals surface area contributed by atoms with Crippen molar-refractivity contribution in [3.05, 3.63) is 65.4 Å². The summed E-state index contributed by atoms with van der Waals surface area (Å²) >= 11 is 0. The van der Waals surface area contributed by atoms with Crippen molar-refractivity contribution < 1.29 is 9.32 Å². The number of aryl methyl sites for hydroxylation is 2. The fraction of sp³-hybridized carbons (Fsp3) is 0.333. The van der Waals surface area contributed by atoms with Crippen molar-refractivity contribution in [2.24, 2.45) is 0 Å². The minimum absolute atomic E-state index is 0.149. The number of benzene rings is 1. The molecule has 1 aliphatic carbocycles. The number of hydrogen-bond acceptors (Lipinski definition) is 5. The van der Waals surface area contributed by atoms with Gasteiger partial charge in [-0.3, -0.25) is 9.78 Å². The third-order valence-corrected chi connectivity index (χ3v) is 5.17. The van der Waals surface area contributed by atoms with Crippen molar-refractivity contribution in [3.8, 4) is 11.3 Å². The molecule has 0 aliphatic heterocycles. The summed E-state index contributed by atoms with van der Waals surface area (Å²) in [4.78, 5) is 22.0. The third kappa shape index (κ3) is 3.35. The lowest BCUT2D eigenvalue weighted by Crippen LogP contribution is -2.45. The first kappa shape index (κ1) is 17.4. The Labute approximate surface area is 158 Å². The van der Waals surface area contributed by atoms with Gasteiger partial charge in [0.25, 0.3) is 5.91 Å². The number of nitrogens with zero attached hydrogens (tertiary/aromatic N) is 3. The number of nitrogens with one attached hydrogen (secondary N) is 1. The molecule has 1 saturated carbocycles. The van der Waals surface area contributed by atoms with E-state index >= 15 is 0 Å². The van der Waals surface area contributed by atoms with E-state index in [0.717, 1.165) is 36.9 Å². The van der Waals surface area contributed by atoms with Gasteiger partial charge in [-0.15, -0.1) is 0 Å². The van der Waals surface area contributed by atoms with Gasteiger partial charge in [-0.25, -0.2) is 0 Å². The Balaban J connectivity index is 1.61. The van der Waals surface area contributed by atoms with E-state index in [1.807, 2.05) is 49.4 Å². The van der Waals surface area contributed by atoms with Gasteiger partial charge in [-0.2, -0.15) is 4.98 Å². The summed E-state index contributed by atoms with van der Waals surface area (Å²) in [6, 6.07) is 13.7. The minimum atomic E-state index is -0.556. The maximum atomic E-state index is 13.0. The Morgan fingerprint density at radius 3 is 2.41 bits per heavy atom. The number of aromatic nitrogens is 3. The van der Waals surface area contributed by atoms with Crippen LogP contribution in [0.15, 0.2) is 47.0 Å². The van der Waals surface area contributed by atoms with Crippen molar-refractivity contribution in [2.45, 2.75) is 45.1 Å². The molecule has 0 radical (unpaired) electrons. The molecule has 1 fully saturated rings. The molecular formula is C21H22N4O2. The number of carbonyl (C=O) groups excluding carboxylic acids is 1. The Morgan fingerprint density at radius 1 is 1.04 bits per heavy atom. The van der Waals surface area contributed by atoms with Gasteiger partial charge in [0.1, 0.15) is 5.54 Å². The molecular weight excluding hydrogens is 340 g/mol. The highest BCUT2D eigenvalue weighted by molar-refractivity contribution is 5.96. The molecule has 4 rings (SSSR count). The zero-order chi connectivity index (χ0) is 18.9. The molecule has 1 aliphatic rings. The van der Waals surface area contributed by atoms with Crippen LogP contribution in [0.3, 0.4) is 0 Å². The van der Waals surface area contributed by atoms with E-state index in [4.69, 9.17) is 4.52 Å². The first-order valence-corrected chi connectivity index (χ1v) is 9.24. The maximum absolute atomic E-state index is 13.0. The second-order valence-corrected chi connectivity index (χ2v) is 7.08. The van der Waals surface area contributed by atoms with Crippen molar-refractivity contribution in [2.75, 3.05) is 0 Å². The molecule has 1 aromatic carbocycles. The van der Waals surface area contributed by atoms with Gasteiger partial charge >= 0.3 is 0 Å². The summed E-state index contributed by atoms with van der Waals surface area (Å²) in [5.41, 5.74) is 2.60. The van der Waals surface area contributed by atoms with Gasteiger partial charge in [0.2, 0.25) is 5.89 Å². The fourth-order valence-corrected chi connectivity index (χ4v) is 3.73. The van der Waals surface area contributed by atoms with E-state index in [1.54, 1.807) is 6.92 Å². The summed E-state index contributed by atoms with van der Waals surface area (Å²) in [6.45, 7) is 3.62. The van der Waals surface area contributed by atoms with Crippen LogP contribution in [0.25, 0.3) is 11.3 Å². The SMILES string of the molecule is Cc1nc(C2(NC(=O)c3ccc(-c4ccccc4)nc3C)CCCC2)no1. The second-order valence-electron chi connectivity index (χ2n) is 7.08. The van der Waals surface area contributed by atoms with E-state index < -0.39 is 5.54 Å². The normalized spacial score (nSPS) is 15.6. The topological polar surface area (TPSA) is 80.9 Å². The summed E-state index contributed by atoms with van der Waals surface area (Å²) in [5.74, 6) is 0.928. The van der Waals surface area contributed by atoms with E-state index in [9.17, 15) is 4.79 Å². The lowest BCUT2D eigenvalue weighted by Gasteiger charge is -2.27. The molecule has 1 N–H and O–H groups in total. The monoisotopic (exact) mass is 362 g/mol. The van der Waals surface area contributed by atoms with Gasteiger partial charge in [-0.05, 0) is 31.9 Å². The highest BCUT2D eigenvalue weighted by Crippen LogP contribution is 2.37. The third-order valence-electron chi connectivity index (χ3n) is 5.17. The molecule has 0 saturated heterocycles. The van der Waals surface area contributed by atoms with Crippen LogP contribution in [0.2, 0.25) is 0 Å². The van der Waals surface area contributed by atoms with Gasteiger partial charge < -0.3 is 9.84 Å². The van der Waals surface area contributed by atoms with Crippen molar-refractivity contribution in [1.29, 1.82) is 0 Å². The number of rotatable bonds is 4. The van der Waals surface area contributed by atoms with Crippen molar-refractivity contribution in [3.63, 3.8) is 0 Å². The molecule has 2 heterocycles. The van der Waals surface area contributed by atoms with Gasteiger partial charge in [-0.1, -0.05) is 48.3 Å². The molecule has 0 atom stereocenters. The van der Waals surface area contributed by atoms with Crippen molar-refractivity contribution >= 4 is 5.91 Å². The molecule has 6 heteroatoms. The maximum Gasteiger partial charge on any atom is 0.253 e. The molecule has 0 unspecified atom stereocenters. The van der Waals surface area contributed by atoms with E-state index in [2.05, 4.69) is 20.4 Å². The number of carbonyl (C=O) groups is 1. The summed E-state index contributed by atoms with van der Waals surface area (Å²) in [5, 5.41) is 7.25. The van der Waals surface area contributed by atoms with Crippen LogP contribution in [-0.4, -0.2) is 21.0 Å². The van der Waals surface area contributed by atoms with Gasteiger partial charge in [0.15, 0.2) is 5.82 Å². The smallest absolute Gasteiger partial charge is 0.253 e. The van der Waals surface area contributed by atoms with Gasteiger partial charge in [0, 0.05) is 12.5 Å². The van der Waals surface area contributed by atoms with Crippen LogP contribution in [0.4, 0.5) is 0 Å². The largest absolute Gasteiger partial charge is 0.340 e. The van der Waals surface area contributed by atoms with Crippen molar-refractivity contribution in [1.82, 2.24) is 20.4 Å². The number of pyridine rings is 1. The molecule has 1 amide bonds. The predicted molar refractivity (Wildman–Crippen MR) is 101 cm³/mol. The second kappa shape index (κ2) is 6.95. The van der Waals surface area contributed by atoms with E-state index in [0.29, 0.717) is 23.0 Å². The van der Waals surface area contributed by atoms with Crippen LogP contribution < -0.4 is 5.32 Å². The summed E-state index contributed by atoms with van der Waals surface area (Å²) < 4.78 is 5.15. The average molecular weight is 362 g/mol. The fourth-order valence-electron chi connectivity index (χ4n) is 3.73. The minimum Gasteiger partial charge on any atom is -0.340 e. The highest BCUT2D eigenvalue weighted by atomic mass is 16.5. The van der Waals surface area contributed by atoms with Crippen LogP contribution in [0.1, 0.15) is 53.5 Å². The molecule has 3 aromatic rings. The van der Waals surface area contributed by atoms with E-state index in [-0.39, 0.29) is 5.91 Å². The van der Waals surface area contributed by atoms with E-state index in [1.165, 1.54) is 0 Å². The Hall–Kier alpha value is -3.02. The van der Waals surface area contributed by atoms with Crippen LogP contribution in [0.5, 0.6) is 0 Å². The molecule has 0 bridgehead atoms. The lowest BCUT2D eigenvalue weighted by atomic mass is 9.95. The Kier molecular flexibility index (Phi) is 4.48. The highest BCUT2D eigenvalue weighted by Gasteiger charge is 2.41. The molecule has 27 heavy (non-hydrogen) atoms. The Bertz CT molecular complexity index is 959. The van der Waals surface area contributed by atoms with Gasteiger partial charge in [0.05, 0.1) is 17.0 Å². The van der Waals surface area contributed by atoms with Crippen LogP contribution in [-0.2, 0) is 5.54 Å². The van der Waals surface area contributed by atoms with Crippen LogP contribution in [0, 0.1) is 13.8 Å². The average Bonchev–Trinajstić information content (AvgIpc) is 3.32. The number of amides is 1. The summed E-state index contributed by atoms with van der Waals surface area (Å²) in [7, 11) is 0. The first-order chi connectivity index (χ1) is 13.1. The predicted octanol–water partition coefficient (Wildman–Crippen LogP) is 3.95. The standard InChI is InChI=1S/C21H22N4O2/c1-14-17(10-11-18(22-14)16-8-4-3-5-9-16)19(26)24-21(12-6-7-13-21)20-23-15(2)27-25-20/h3-5,8-11H,6-7,12-13H2,1-2H3,(H,24,26). The first-order valence-electron chi connectivity index (χ1n) is 9.24.